The van der Waals surface area contributed by atoms with Crippen molar-refractivity contribution in [2.24, 2.45) is 17.6 Å². The van der Waals surface area contributed by atoms with E-state index in [1.807, 2.05) is 0 Å². The zero-order valence-corrected chi connectivity index (χ0v) is 11.4. The van der Waals surface area contributed by atoms with E-state index >= 15 is 0 Å². The summed E-state index contributed by atoms with van der Waals surface area (Å²) in [5.41, 5.74) is 5.66. The number of hydrogen-bond acceptors (Lipinski definition) is 4. The van der Waals surface area contributed by atoms with Gasteiger partial charge in [0, 0.05) is 12.0 Å². The van der Waals surface area contributed by atoms with Gasteiger partial charge in [-0.3, -0.25) is 4.79 Å². The number of sulfone groups is 1. The van der Waals surface area contributed by atoms with Gasteiger partial charge in [-0.05, 0) is 38.1 Å². The summed E-state index contributed by atoms with van der Waals surface area (Å²) in [5.74, 6) is 0.613. The summed E-state index contributed by atoms with van der Waals surface area (Å²) in [7, 11) is -2.96. The van der Waals surface area contributed by atoms with E-state index in [1.54, 1.807) is 0 Å². The van der Waals surface area contributed by atoms with Crippen molar-refractivity contribution in [1.82, 2.24) is 5.32 Å². The maximum atomic E-state index is 12.1. The number of hydrogen-bond donors (Lipinski definition) is 2. The molecule has 18 heavy (non-hydrogen) atoms. The Labute approximate surface area is 108 Å². The Morgan fingerprint density at radius 2 is 2.00 bits per heavy atom. The third-order valence-electron chi connectivity index (χ3n) is 4.11. The molecule has 3 N–H and O–H groups in total. The molecule has 1 aliphatic heterocycles. The molecule has 5 nitrogen and oxygen atoms in total. The Morgan fingerprint density at radius 3 is 2.67 bits per heavy atom. The lowest BCUT2D eigenvalue weighted by molar-refractivity contribution is -0.126. The molecule has 1 unspecified atom stereocenters. The lowest BCUT2D eigenvalue weighted by atomic mass is 9.95. The number of nitrogens with two attached hydrogens (primary N) is 1. The van der Waals surface area contributed by atoms with Crippen molar-refractivity contribution < 1.29 is 13.2 Å². The van der Waals surface area contributed by atoms with Crippen molar-refractivity contribution in [2.75, 3.05) is 18.1 Å². The van der Waals surface area contributed by atoms with Gasteiger partial charge < -0.3 is 11.1 Å². The van der Waals surface area contributed by atoms with Crippen LogP contribution in [-0.4, -0.2) is 38.4 Å². The molecule has 2 aliphatic rings. The molecule has 1 saturated carbocycles. The molecular weight excluding hydrogens is 252 g/mol. The Hall–Kier alpha value is -0.620. The van der Waals surface area contributed by atoms with E-state index in [0.717, 1.165) is 25.7 Å². The van der Waals surface area contributed by atoms with Gasteiger partial charge in [0.05, 0.1) is 11.5 Å². The SMILES string of the molecule is NC[C@H]1CCC[C@H]1C(=O)NC1CCCS(=O)(=O)C1. The summed E-state index contributed by atoms with van der Waals surface area (Å²) in [5, 5.41) is 2.91. The molecule has 0 radical (unpaired) electrons. The number of rotatable bonds is 3. The minimum Gasteiger partial charge on any atom is -0.352 e. The van der Waals surface area contributed by atoms with Gasteiger partial charge in [0.1, 0.15) is 0 Å². The molecular formula is C12H22N2O3S. The fraction of sp³-hybridized carbons (Fsp3) is 0.917. The monoisotopic (exact) mass is 274 g/mol. The summed E-state index contributed by atoms with van der Waals surface area (Å²) in [4.78, 5) is 12.1. The van der Waals surface area contributed by atoms with E-state index in [4.69, 9.17) is 5.73 Å². The molecule has 0 aromatic rings. The van der Waals surface area contributed by atoms with Crippen LogP contribution in [0.5, 0.6) is 0 Å². The van der Waals surface area contributed by atoms with Crippen molar-refractivity contribution >= 4 is 15.7 Å². The summed E-state index contributed by atoms with van der Waals surface area (Å²) < 4.78 is 23.0. The van der Waals surface area contributed by atoms with Crippen LogP contribution in [0, 0.1) is 11.8 Å². The number of carbonyl (C=O) groups is 1. The number of nitrogens with one attached hydrogen (secondary N) is 1. The molecule has 1 heterocycles. The van der Waals surface area contributed by atoms with Gasteiger partial charge in [-0.25, -0.2) is 8.42 Å². The van der Waals surface area contributed by atoms with Crippen LogP contribution in [0.15, 0.2) is 0 Å². The van der Waals surface area contributed by atoms with Gasteiger partial charge >= 0.3 is 0 Å². The molecule has 1 saturated heterocycles. The van der Waals surface area contributed by atoms with E-state index in [2.05, 4.69) is 5.32 Å². The van der Waals surface area contributed by atoms with Gasteiger partial charge in [0.15, 0.2) is 9.84 Å². The van der Waals surface area contributed by atoms with Crippen LogP contribution in [0.25, 0.3) is 0 Å². The van der Waals surface area contributed by atoms with Crippen LogP contribution in [0.1, 0.15) is 32.1 Å². The predicted octanol–water partition coefficient (Wildman–Crippen LogP) is 0.0548. The molecule has 0 bridgehead atoms. The Kier molecular flexibility index (Phi) is 4.27. The first-order valence-electron chi connectivity index (χ1n) is 6.72. The second kappa shape index (κ2) is 5.57. The zero-order chi connectivity index (χ0) is 13.2. The highest BCUT2D eigenvalue weighted by Gasteiger charge is 2.34. The van der Waals surface area contributed by atoms with Gasteiger partial charge in [-0.15, -0.1) is 0 Å². The fourth-order valence-corrected chi connectivity index (χ4v) is 4.75. The van der Waals surface area contributed by atoms with Crippen molar-refractivity contribution in [3.63, 3.8) is 0 Å². The zero-order valence-electron chi connectivity index (χ0n) is 10.6. The summed E-state index contributed by atoms with van der Waals surface area (Å²) >= 11 is 0. The highest BCUT2D eigenvalue weighted by molar-refractivity contribution is 7.91. The van der Waals surface area contributed by atoms with Crippen LogP contribution in [0.4, 0.5) is 0 Å². The first-order chi connectivity index (χ1) is 8.52. The van der Waals surface area contributed by atoms with Gasteiger partial charge in [-0.1, -0.05) is 6.42 Å². The molecule has 0 aromatic heterocycles. The van der Waals surface area contributed by atoms with Gasteiger partial charge in [-0.2, -0.15) is 0 Å². The van der Waals surface area contributed by atoms with Crippen molar-refractivity contribution in [1.29, 1.82) is 0 Å². The average molecular weight is 274 g/mol. The van der Waals surface area contributed by atoms with Crippen LogP contribution in [0.3, 0.4) is 0 Å². The van der Waals surface area contributed by atoms with E-state index in [-0.39, 0.29) is 35.3 Å². The maximum absolute atomic E-state index is 12.1. The number of carbonyl (C=O) groups excluding carboxylic acids is 1. The van der Waals surface area contributed by atoms with Gasteiger partial charge in [0.25, 0.3) is 0 Å². The molecule has 2 rings (SSSR count). The maximum Gasteiger partial charge on any atom is 0.223 e. The Bertz CT molecular complexity index is 408. The highest BCUT2D eigenvalue weighted by Crippen LogP contribution is 2.31. The van der Waals surface area contributed by atoms with Crippen LogP contribution < -0.4 is 11.1 Å². The predicted molar refractivity (Wildman–Crippen MR) is 69.7 cm³/mol. The lowest BCUT2D eigenvalue weighted by Gasteiger charge is -2.26. The lowest BCUT2D eigenvalue weighted by Crippen LogP contribution is -2.46. The molecule has 3 atom stereocenters. The van der Waals surface area contributed by atoms with E-state index in [9.17, 15) is 13.2 Å². The van der Waals surface area contributed by atoms with Gasteiger partial charge in [0.2, 0.25) is 5.91 Å². The van der Waals surface area contributed by atoms with E-state index < -0.39 is 9.84 Å². The smallest absolute Gasteiger partial charge is 0.223 e. The summed E-state index contributed by atoms with van der Waals surface area (Å²) in [6.07, 6.45) is 4.36. The van der Waals surface area contributed by atoms with E-state index in [1.165, 1.54) is 0 Å². The second-order valence-electron chi connectivity index (χ2n) is 5.50. The van der Waals surface area contributed by atoms with Crippen molar-refractivity contribution in [2.45, 2.75) is 38.1 Å². The average Bonchev–Trinajstić information content (AvgIpc) is 2.75. The third-order valence-corrected chi connectivity index (χ3v) is 5.93. The third kappa shape index (κ3) is 3.23. The highest BCUT2D eigenvalue weighted by atomic mass is 32.2. The topological polar surface area (TPSA) is 89.3 Å². The number of amides is 1. The van der Waals surface area contributed by atoms with E-state index in [0.29, 0.717) is 13.0 Å². The Morgan fingerprint density at radius 1 is 1.22 bits per heavy atom. The first kappa shape index (κ1) is 13.8. The first-order valence-corrected chi connectivity index (χ1v) is 8.55. The molecule has 1 amide bonds. The minimum absolute atomic E-state index is 0.00468. The molecule has 0 spiro atoms. The molecule has 104 valence electrons. The minimum atomic E-state index is -2.96. The van der Waals surface area contributed by atoms with Crippen LogP contribution >= 0.6 is 0 Å². The normalized spacial score (nSPS) is 35.3. The van der Waals surface area contributed by atoms with Crippen LogP contribution in [-0.2, 0) is 14.6 Å². The molecule has 2 fully saturated rings. The summed E-state index contributed by atoms with van der Waals surface area (Å²) in [6.45, 7) is 0.543. The summed E-state index contributed by atoms with van der Waals surface area (Å²) in [6, 6.07) is -0.199. The quantitative estimate of drug-likeness (QED) is 0.761. The van der Waals surface area contributed by atoms with Crippen LogP contribution in [0.2, 0.25) is 0 Å². The van der Waals surface area contributed by atoms with Crippen molar-refractivity contribution in [3.8, 4) is 0 Å². The van der Waals surface area contributed by atoms with Crippen molar-refractivity contribution in [3.05, 3.63) is 0 Å². The molecule has 6 heteroatoms. The molecule has 1 aliphatic carbocycles. The standard InChI is InChI=1S/C12H22N2O3S/c13-7-9-3-1-5-11(9)12(15)14-10-4-2-6-18(16,17)8-10/h9-11H,1-8,13H2,(H,14,15)/t9-,10?,11-/m1/s1. The Balaban J connectivity index is 1.91. The second-order valence-corrected chi connectivity index (χ2v) is 7.72. The fourth-order valence-electron chi connectivity index (χ4n) is 3.11. The molecule has 0 aromatic carbocycles. The largest absolute Gasteiger partial charge is 0.352 e.